The van der Waals surface area contributed by atoms with Gasteiger partial charge in [-0.3, -0.25) is 0 Å². The van der Waals surface area contributed by atoms with Crippen molar-refractivity contribution in [3.05, 3.63) is 65.7 Å². The number of fused-ring (bicyclic) bond motifs is 1. The Labute approximate surface area is 122 Å². The Balaban J connectivity index is 1.95. The maximum Gasteiger partial charge on any atom is 0.134 e. The highest BCUT2D eigenvalue weighted by atomic mass is 19.1. The fraction of sp³-hybridized carbons (Fsp3) is 0.176. The Kier molecular flexibility index (Phi) is 3.62. The van der Waals surface area contributed by atoms with Gasteiger partial charge in [0.2, 0.25) is 0 Å². The molecule has 0 radical (unpaired) electrons. The van der Waals surface area contributed by atoms with Crippen LogP contribution in [-0.2, 0) is 0 Å². The van der Waals surface area contributed by atoms with Gasteiger partial charge in [-0.15, -0.1) is 0 Å². The van der Waals surface area contributed by atoms with Gasteiger partial charge in [0, 0.05) is 5.39 Å². The molecule has 1 atom stereocenters. The van der Waals surface area contributed by atoms with Crippen LogP contribution in [0.2, 0.25) is 0 Å². The SMILES string of the molecule is CCOc1cccc(C(N)c2cc3cc(F)ccc3o2)c1. The van der Waals surface area contributed by atoms with Crippen LogP contribution >= 0.6 is 0 Å². The van der Waals surface area contributed by atoms with Crippen molar-refractivity contribution in [2.24, 2.45) is 5.73 Å². The van der Waals surface area contributed by atoms with Gasteiger partial charge in [-0.2, -0.15) is 0 Å². The second-order valence-corrected chi connectivity index (χ2v) is 4.81. The fourth-order valence-corrected chi connectivity index (χ4v) is 2.32. The minimum Gasteiger partial charge on any atom is -0.494 e. The lowest BCUT2D eigenvalue weighted by atomic mass is 10.0. The molecule has 0 amide bonds. The van der Waals surface area contributed by atoms with E-state index in [4.69, 9.17) is 14.9 Å². The molecule has 21 heavy (non-hydrogen) atoms. The Morgan fingerprint density at radius 2 is 2.05 bits per heavy atom. The van der Waals surface area contributed by atoms with Crippen molar-refractivity contribution < 1.29 is 13.5 Å². The van der Waals surface area contributed by atoms with Crippen molar-refractivity contribution in [1.29, 1.82) is 0 Å². The Hall–Kier alpha value is -2.33. The normalized spacial score (nSPS) is 12.5. The van der Waals surface area contributed by atoms with Crippen LogP contribution in [0.4, 0.5) is 4.39 Å². The standard InChI is InChI=1S/C17H16FNO2/c1-2-20-14-5-3-4-11(9-14)17(19)16-10-12-8-13(18)6-7-15(12)21-16/h3-10,17H,2,19H2,1H3. The number of ether oxygens (including phenoxy) is 1. The van der Waals surface area contributed by atoms with Gasteiger partial charge in [0.1, 0.15) is 22.9 Å². The minimum absolute atomic E-state index is 0.290. The van der Waals surface area contributed by atoms with Gasteiger partial charge in [-0.1, -0.05) is 12.1 Å². The zero-order valence-corrected chi connectivity index (χ0v) is 11.7. The highest BCUT2D eigenvalue weighted by Crippen LogP contribution is 2.28. The monoisotopic (exact) mass is 285 g/mol. The number of hydrogen-bond donors (Lipinski definition) is 1. The quantitative estimate of drug-likeness (QED) is 0.787. The Morgan fingerprint density at radius 1 is 1.19 bits per heavy atom. The first-order chi connectivity index (χ1) is 10.2. The average Bonchev–Trinajstić information content (AvgIpc) is 2.90. The third-order valence-corrected chi connectivity index (χ3v) is 3.33. The Bertz CT molecular complexity index is 766. The second-order valence-electron chi connectivity index (χ2n) is 4.81. The van der Waals surface area contributed by atoms with Crippen LogP contribution in [0, 0.1) is 5.82 Å². The highest BCUT2D eigenvalue weighted by molar-refractivity contribution is 5.78. The van der Waals surface area contributed by atoms with Gasteiger partial charge in [0.25, 0.3) is 0 Å². The highest BCUT2D eigenvalue weighted by Gasteiger charge is 2.15. The number of benzene rings is 2. The molecule has 2 N–H and O–H groups in total. The minimum atomic E-state index is -0.416. The van der Waals surface area contributed by atoms with Crippen molar-refractivity contribution in [2.45, 2.75) is 13.0 Å². The molecule has 0 aliphatic carbocycles. The predicted molar refractivity (Wildman–Crippen MR) is 79.8 cm³/mol. The van der Waals surface area contributed by atoms with Crippen LogP contribution in [0.3, 0.4) is 0 Å². The molecule has 1 unspecified atom stereocenters. The zero-order chi connectivity index (χ0) is 14.8. The van der Waals surface area contributed by atoms with E-state index in [-0.39, 0.29) is 5.82 Å². The van der Waals surface area contributed by atoms with E-state index in [2.05, 4.69) is 0 Å². The Morgan fingerprint density at radius 3 is 2.86 bits per heavy atom. The van der Waals surface area contributed by atoms with Crippen LogP contribution in [0.15, 0.2) is 52.9 Å². The molecular weight excluding hydrogens is 269 g/mol. The lowest BCUT2D eigenvalue weighted by Crippen LogP contribution is -2.10. The molecule has 108 valence electrons. The van der Waals surface area contributed by atoms with Crippen molar-refractivity contribution in [3.63, 3.8) is 0 Å². The van der Waals surface area contributed by atoms with Gasteiger partial charge in [0.05, 0.1) is 12.6 Å². The average molecular weight is 285 g/mol. The van der Waals surface area contributed by atoms with Gasteiger partial charge in [-0.25, -0.2) is 4.39 Å². The van der Waals surface area contributed by atoms with Gasteiger partial charge in [0.15, 0.2) is 0 Å². The summed E-state index contributed by atoms with van der Waals surface area (Å²) >= 11 is 0. The first-order valence-corrected chi connectivity index (χ1v) is 6.84. The van der Waals surface area contributed by atoms with Crippen molar-refractivity contribution in [1.82, 2.24) is 0 Å². The van der Waals surface area contributed by atoms with Crippen LogP contribution in [0.5, 0.6) is 5.75 Å². The zero-order valence-electron chi connectivity index (χ0n) is 11.7. The smallest absolute Gasteiger partial charge is 0.134 e. The predicted octanol–water partition coefficient (Wildman–Crippen LogP) is 4.02. The van der Waals surface area contributed by atoms with E-state index in [1.807, 2.05) is 31.2 Å². The summed E-state index contributed by atoms with van der Waals surface area (Å²) in [6, 6.07) is 13.4. The topological polar surface area (TPSA) is 48.4 Å². The van der Waals surface area contributed by atoms with Crippen LogP contribution in [0.1, 0.15) is 24.3 Å². The van der Waals surface area contributed by atoms with E-state index in [1.165, 1.54) is 12.1 Å². The molecule has 1 aromatic heterocycles. The summed E-state index contributed by atoms with van der Waals surface area (Å²) in [4.78, 5) is 0. The number of nitrogens with two attached hydrogens (primary N) is 1. The van der Waals surface area contributed by atoms with E-state index in [1.54, 1.807) is 12.1 Å². The van der Waals surface area contributed by atoms with Crippen LogP contribution < -0.4 is 10.5 Å². The third kappa shape index (κ3) is 2.76. The molecule has 2 aromatic carbocycles. The fourth-order valence-electron chi connectivity index (χ4n) is 2.32. The lowest BCUT2D eigenvalue weighted by molar-refractivity contribution is 0.339. The summed E-state index contributed by atoms with van der Waals surface area (Å²) in [6.45, 7) is 2.53. The van der Waals surface area contributed by atoms with Crippen LogP contribution in [-0.4, -0.2) is 6.61 Å². The molecule has 4 heteroatoms. The first-order valence-electron chi connectivity index (χ1n) is 6.84. The summed E-state index contributed by atoms with van der Waals surface area (Å²) in [7, 11) is 0. The first kappa shape index (κ1) is 13.6. The molecule has 0 bridgehead atoms. The lowest BCUT2D eigenvalue weighted by Gasteiger charge is -2.11. The van der Waals surface area contributed by atoms with Gasteiger partial charge in [-0.05, 0) is 48.9 Å². The van der Waals surface area contributed by atoms with Crippen molar-refractivity contribution in [3.8, 4) is 5.75 Å². The molecule has 3 aromatic rings. The number of halogens is 1. The molecule has 0 spiro atoms. The molecule has 0 fully saturated rings. The molecule has 0 saturated carbocycles. The summed E-state index contributed by atoms with van der Waals surface area (Å²) in [5, 5.41) is 0.710. The summed E-state index contributed by atoms with van der Waals surface area (Å²) in [5.74, 6) is 1.08. The van der Waals surface area contributed by atoms with E-state index in [0.29, 0.717) is 23.3 Å². The van der Waals surface area contributed by atoms with E-state index >= 15 is 0 Å². The van der Waals surface area contributed by atoms with E-state index in [0.717, 1.165) is 11.3 Å². The molecular formula is C17H16FNO2. The number of furan rings is 1. The van der Waals surface area contributed by atoms with E-state index < -0.39 is 6.04 Å². The van der Waals surface area contributed by atoms with Gasteiger partial charge < -0.3 is 14.9 Å². The molecule has 0 saturated heterocycles. The molecule has 1 heterocycles. The summed E-state index contributed by atoms with van der Waals surface area (Å²) < 4.78 is 24.4. The largest absolute Gasteiger partial charge is 0.494 e. The summed E-state index contributed by atoms with van der Waals surface area (Å²) in [5.41, 5.74) is 7.76. The molecule has 0 aliphatic heterocycles. The van der Waals surface area contributed by atoms with Crippen molar-refractivity contribution in [2.75, 3.05) is 6.61 Å². The number of hydrogen-bond acceptors (Lipinski definition) is 3. The third-order valence-electron chi connectivity index (χ3n) is 3.33. The van der Waals surface area contributed by atoms with Crippen LogP contribution in [0.25, 0.3) is 11.0 Å². The molecule has 0 aliphatic rings. The maximum absolute atomic E-state index is 13.2. The second kappa shape index (κ2) is 5.58. The number of rotatable bonds is 4. The molecule has 3 rings (SSSR count). The molecule has 3 nitrogen and oxygen atoms in total. The summed E-state index contributed by atoms with van der Waals surface area (Å²) in [6.07, 6.45) is 0. The maximum atomic E-state index is 13.2. The van der Waals surface area contributed by atoms with E-state index in [9.17, 15) is 4.39 Å². The van der Waals surface area contributed by atoms with Crippen molar-refractivity contribution >= 4 is 11.0 Å². The van der Waals surface area contributed by atoms with Gasteiger partial charge >= 0.3 is 0 Å².